The standard InChI is InChI=1S/C15H30O/c1-4-6-7-8-9-10-11-12-13-14-15(3)16-5-2/h8-9,15H,4-7,10-14H2,1-3H3. The van der Waals surface area contributed by atoms with Crippen molar-refractivity contribution in [2.24, 2.45) is 0 Å². The molecule has 0 N–H and O–H groups in total. The normalized spacial score (nSPS) is 13.4. The maximum atomic E-state index is 5.50. The van der Waals surface area contributed by atoms with E-state index in [-0.39, 0.29) is 0 Å². The van der Waals surface area contributed by atoms with Crippen LogP contribution in [0.25, 0.3) is 0 Å². The predicted octanol–water partition coefficient (Wildman–Crippen LogP) is 5.11. The molecule has 0 rings (SSSR count). The maximum Gasteiger partial charge on any atom is 0.0546 e. The van der Waals surface area contributed by atoms with Crippen LogP contribution in [0.5, 0.6) is 0 Å². The Morgan fingerprint density at radius 3 is 2.25 bits per heavy atom. The Hall–Kier alpha value is -0.300. The minimum Gasteiger partial charge on any atom is -0.379 e. The molecule has 0 aromatic heterocycles. The fraction of sp³-hybridized carbons (Fsp3) is 0.867. The van der Waals surface area contributed by atoms with E-state index in [2.05, 4.69) is 32.9 Å². The molecule has 96 valence electrons. The number of hydrogen-bond acceptors (Lipinski definition) is 1. The van der Waals surface area contributed by atoms with E-state index in [1.165, 1.54) is 51.4 Å². The summed E-state index contributed by atoms with van der Waals surface area (Å²) in [7, 11) is 0. The second-order valence-electron chi connectivity index (χ2n) is 4.52. The van der Waals surface area contributed by atoms with Crippen molar-refractivity contribution in [2.45, 2.75) is 78.2 Å². The van der Waals surface area contributed by atoms with Crippen LogP contribution in [0.15, 0.2) is 12.2 Å². The van der Waals surface area contributed by atoms with Gasteiger partial charge in [0.1, 0.15) is 0 Å². The van der Waals surface area contributed by atoms with E-state index in [9.17, 15) is 0 Å². The van der Waals surface area contributed by atoms with Crippen LogP contribution in [0.1, 0.15) is 72.1 Å². The summed E-state index contributed by atoms with van der Waals surface area (Å²) >= 11 is 0. The molecule has 0 heterocycles. The van der Waals surface area contributed by atoms with Gasteiger partial charge in [0.25, 0.3) is 0 Å². The van der Waals surface area contributed by atoms with Crippen molar-refractivity contribution in [1.82, 2.24) is 0 Å². The Morgan fingerprint density at radius 2 is 1.62 bits per heavy atom. The molecule has 1 unspecified atom stereocenters. The summed E-state index contributed by atoms with van der Waals surface area (Å²) in [4.78, 5) is 0. The van der Waals surface area contributed by atoms with Gasteiger partial charge in [-0.05, 0) is 39.5 Å². The summed E-state index contributed by atoms with van der Waals surface area (Å²) in [6.07, 6.45) is 15.5. The summed E-state index contributed by atoms with van der Waals surface area (Å²) in [5.41, 5.74) is 0. The van der Waals surface area contributed by atoms with Gasteiger partial charge in [-0.3, -0.25) is 0 Å². The Kier molecular flexibility index (Phi) is 12.5. The molecule has 0 aliphatic carbocycles. The molecule has 0 aliphatic rings. The summed E-state index contributed by atoms with van der Waals surface area (Å²) in [5.74, 6) is 0. The van der Waals surface area contributed by atoms with E-state index < -0.39 is 0 Å². The van der Waals surface area contributed by atoms with Gasteiger partial charge < -0.3 is 4.74 Å². The second-order valence-corrected chi connectivity index (χ2v) is 4.52. The molecule has 1 nitrogen and oxygen atoms in total. The predicted molar refractivity (Wildman–Crippen MR) is 72.8 cm³/mol. The molecule has 0 aromatic rings. The molecule has 0 spiro atoms. The van der Waals surface area contributed by atoms with Crippen LogP contribution in [-0.2, 0) is 4.74 Å². The fourth-order valence-corrected chi connectivity index (χ4v) is 1.80. The largest absolute Gasteiger partial charge is 0.379 e. The fourth-order valence-electron chi connectivity index (χ4n) is 1.80. The van der Waals surface area contributed by atoms with Crippen molar-refractivity contribution < 1.29 is 4.74 Å². The highest BCUT2D eigenvalue weighted by molar-refractivity contribution is 4.81. The Labute approximate surface area is 102 Å². The number of unbranched alkanes of at least 4 members (excludes halogenated alkanes) is 5. The van der Waals surface area contributed by atoms with E-state index in [4.69, 9.17) is 4.74 Å². The summed E-state index contributed by atoms with van der Waals surface area (Å²) < 4.78 is 5.50. The van der Waals surface area contributed by atoms with E-state index >= 15 is 0 Å². The minimum absolute atomic E-state index is 0.449. The van der Waals surface area contributed by atoms with Gasteiger partial charge in [-0.2, -0.15) is 0 Å². The molecular weight excluding hydrogens is 196 g/mol. The molecule has 0 saturated carbocycles. The van der Waals surface area contributed by atoms with Crippen LogP contribution in [0.2, 0.25) is 0 Å². The number of rotatable bonds is 11. The first-order chi connectivity index (χ1) is 7.81. The zero-order chi connectivity index (χ0) is 12.1. The quantitative estimate of drug-likeness (QED) is 0.351. The van der Waals surface area contributed by atoms with E-state index in [0.29, 0.717) is 6.10 Å². The molecule has 0 amide bonds. The smallest absolute Gasteiger partial charge is 0.0546 e. The van der Waals surface area contributed by atoms with Crippen LogP contribution in [0.4, 0.5) is 0 Å². The lowest BCUT2D eigenvalue weighted by Gasteiger charge is -2.10. The van der Waals surface area contributed by atoms with Crippen LogP contribution in [0.3, 0.4) is 0 Å². The Bertz CT molecular complexity index is 152. The molecule has 1 atom stereocenters. The van der Waals surface area contributed by atoms with Crippen LogP contribution < -0.4 is 0 Å². The Morgan fingerprint density at radius 1 is 0.938 bits per heavy atom. The van der Waals surface area contributed by atoms with Crippen LogP contribution >= 0.6 is 0 Å². The third-order valence-electron chi connectivity index (χ3n) is 2.82. The van der Waals surface area contributed by atoms with Crippen molar-refractivity contribution in [3.05, 3.63) is 12.2 Å². The van der Waals surface area contributed by atoms with Gasteiger partial charge in [-0.1, -0.05) is 44.8 Å². The van der Waals surface area contributed by atoms with Crippen molar-refractivity contribution >= 4 is 0 Å². The monoisotopic (exact) mass is 226 g/mol. The third kappa shape index (κ3) is 11.8. The zero-order valence-corrected chi connectivity index (χ0v) is 11.5. The van der Waals surface area contributed by atoms with Gasteiger partial charge >= 0.3 is 0 Å². The molecule has 0 saturated heterocycles. The van der Waals surface area contributed by atoms with Crippen molar-refractivity contribution in [3.63, 3.8) is 0 Å². The summed E-state index contributed by atoms with van der Waals surface area (Å²) in [6.45, 7) is 7.33. The maximum absolute atomic E-state index is 5.50. The van der Waals surface area contributed by atoms with Gasteiger partial charge in [-0.15, -0.1) is 0 Å². The molecular formula is C15H30O. The summed E-state index contributed by atoms with van der Waals surface area (Å²) in [5, 5.41) is 0. The SMILES string of the molecule is CCCCC=CCCCCCC(C)OCC. The average Bonchev–Trinajstić information content (AvgIpc) is 2.27. The van der Waals surface area contributed by atoms with E-state index in [0.717, 1.165) is 6.61 Å². The highest BCUT2D eigenvalue weighted by Crippen LogP contribution is 2.08. The lowest BCUT2D eigenvalue weighted by molar-refractivity contribution is 0.0684. The van der Waals surface area contributed by atoms with Gasteiger partial charge in [0.15, 0.2) is 0 Å². The highest BCUT2D eigenvalue weighted by Gasteiger charge is 1.99. The molecule has 0 radical (unpaired) electrons. The van der Waals surface area contributed by atoms with Crippen molar-refractivity contribution in [3.8, 4) is 0 Å². The number of ether oxygens (including phenoxy) is 1. The Balaban J connectivity index is 3.11. The average molecular weight is 226 g/mol. The topological polar surface area (TPSA) is 9.23 Å². The number of hydrogen-bond donors (Lipinski definition) is 0. The molecule has 0 aliphatic heterocycles. The van der Waals surface area contributed by atoms with E-state index in [1.54, 1.807) is 0 Å². The van der Waals surface area contributed by atoms with Gasteiger partial charge in [0, 0.05) is 6.61 Å². The van der Waals surface area contributed by atoms with Gasteiger partial charge in [0.05, 0.1) is 6.10 Å². The van der Waals surface area contributed by atoms with Crippen molar-refractivity contribution in [1.29, 1.82) is 0 Å². The minimum atomic E-state index is 0.449. The zero-order valence-electron chi connectivity index (χ0n) is 11.5. The first-order valence-electron chi connectivity index (χ1n) is 7.07. The van der Waals surface area contributed by atoms with Crippen LogP contribution in [0, 0.1) is 0 Å². The summed E-state index contributed by atoms with van der Waals surface area (Å²) in [6, 6.07) is 0. The number of allylic oxidation sites excluding steroid dienone is 2. The molecule has 1 heteroatoms. The van der Waals surface area contributed by atoms with Gasteiger partial charge in [-0.25, -0.2) is 0 Å². The first-order valence-corrected chi connectivity index (χ1v) is 7.07. The molecule has 0 aromatic carbocycles. The molecule has 16 heavy (non-hydrogen) atoms. The second kappa shape index (κ2) is 12.8. The van der Waals surface area contributed by atoms with Crippen molar-refractivity contribution in [2.75, 3.05) is 6.61 Å². The molecule has 0 bridgehead atoms. The third-order valence-corrected chi connectivity index (χ3v) is 2.82. The van der Waals surface area contributed by atoms with E-state index in [1.807, 2.05) is 0 Å². The molecule has 0 fully saturated rings. The lowest BCUT2D eigenvalue weighted by atomic mass is 10.1. The highest BCUT2D eigenvalue weighted by atomic mass is 16.5. The van der Waals surface area contributed by atoms with Crippen LogP contribution in [-0.4, -0.2) is 12.7 Å². The lowest BCUT2D eigenvalue weighted by Crippen LogP contribution is -2.07. The van der Waals surface area contributed by atoms with Gasteiger partial charge in [0.2, 0.25) is 0 Å². The first kappa shape index (κ1) is 15.7.